The smallest absolute Gasteiger partial charge is 0.407 e. The van der Waals surface area contributed by atoms with E-state index in [0.717, 1.165) is 42.6 Å². The Labute approximate surface area is 301 Å². The Hall–Kier alpha value is -3.10. The van der Waals surface area contributed by atoms with E-state index in [1.165, 1.54) is 41.7 Å². The Balaban J connectivity index is 1.35. The van der Waals surface area contributed by atoms with E-state index >= 15 is 8.78 Å². The number of nitrogens with zero attached hydrogens (tertiary/aromatic N) is 1. The van der Waals surface area contributed by atoms with Gasteiger partial charge in [0.15, 0.2) is 6.04 Å². The number of hydrogen-bond acceptors (Lipinski definition) is 7. The highest BCUT2D eigenvalue weighted by Gasteiger charge is 2.50. The van der Waals surface area contributed by atoms with Crippen LogP contribution in [0.1, 0.15) is 76.2 Å². The standard InChI is InChI=1S/C36H44ClF2N3O6S2/c1-35(2,3)48-34(44)40-28-19-21-42(22-20-28)33(43)32(36(38,39)26-13-9-24(10-14-26)25-11-15-27(37)16-12-25)41-50(45,46)31-18-17-30(49-31)23-47-29-7-5-4-6-8-29/h9-18,28-29,32,41H,4-8,19-23H2,1-3H3,(H,40,44). The van der Waals surface area contributed by atoms with Crippen LogP contribution in [0.3, 0.4) is 0 Å². The summed E-state index contributed by atoms with van der Waals surface area (Å²) in [5.41, 5.74) is 0.174. The van der Waals surface area contributed by atoms with Crippen molar-refractivity contribution in [3.05, 3.63) is 76.1 Å². The van der Waals surface area contributed by atoms with Gasteiger partial charge in [0, 0.05) is 34.6 Å². The molecule has 0 radical (unpaired) electrons. The van der Waals surface area contributed by atoms with Gasteiger partial charge in [-0.25, -0.2) is 13.2 Å². The van der Waals surface area contributed by atoms with Crippen LogP contribution >= 0.6 is 22.9 Å². The van der Waals surface area contributed by atoms with Crippen molar-refractivity contribution in [2.24, 2.45) is 0 Å². The van der Waals surface area contributed by atoms with Crippen molar-refractivity contribution in [1.82, 2.24) is 14.9 Å². The molecule has 2 aliphatic rings. The van der Waals surface area contributed by atoms with Gasteiger partial charge < -0.3 is 19.7 Å². The minimum absolute atomic E-state index is 0.0325. The predicted molar refractivity (Wildman–Crippen MR) is 190 cm³/mol. The first kappa shape index (κ1) is 38.1. The highest BCUT2D eigenvalue weighted by Crippen LogP contribution is 2.36. The van der Waals surface area contributed by atoms with Crippen LogP contribution in [0.2, 0.25) is 5.02 Å². The summed E-state index contributed by atoms with van der Waals surface area (Å²) in [6.07, 6.45) is 5.30. The molecule has 0 bridgehead atoms. The molecule has 2 fully saturated rings. The predicted octanol–water partition coefficient (Wildman–Crippen LogP) is 7.87. The van der Waals surface area contributed by atoms with Crippen molar-refractivity contribution in [1.29, 1.82) is 0 Å². The molecule has 1 aliphatic carbocycles. The molecule has 0 spiro atoms. The first-order valence-corrected chi connectivity index (χ1v) is 19.5. The van der Waals surface area contributed by atoms with Gasteiger partial charge >= 0.3 is 6.09 Å². The largest absolute Gasteiger partial charge is 0.444 e. The quantitative estimate of drug-likeness (QED) is 0.206. The number of sulfonamides is 1. The summed E-state index contributed by atoms with van der Waals surface area (Å²) in [6.45, 7) is 5.50. The molecule has 3 aromatic rings. The van der Waals surface area contributed by atoms with E-state index in [9.17, 15) is 18.0 Å². The Morgan fingerprint density at radius 3 is 2.12 bits per heavy atom. The van der Waals surface area contributed by atoms with E-state index in [0.29, 0.717) is 15.5 Å². The zero-order valence-electron chi connectivity index (χ0n) is 28.4. The Bertz CT molecular complexity index is 1720. The third-order valence-corrected chi connectivity index (χ3v) is 12.0. The fourth-order valence-electron chi connectivity index (χ4n) is 6.10. The molecule has 14 heteroatoms. The van der Waals surface area contributed by atoms with Crippen LogP contribution < -0.4 is 10.0 Å². The van der Waals surface area contributed by atoms with E-state index in [1.807, 2.05) is 0 Å². The molecular weight excluding hydrogens is 708 g/mol. The van der Waals surface area contributed by atoms with Crippen LogP contribution in [0.4, 0.5) is 13.6 Å². The van der Waals surface area contributed by atoms with E-state index in [-0.39, 0.29) is 48.9 Å². The number of nitrogens with one attached hydrogen (secondary N) is 2. The van der Waals surface area contributed by atoms with Crippen LogP contribution in [0.15, 0.2) is 64.9 Å². The first-order chi connectivity index (χ1) is 23.6. The van der Waals surface area contributed by atoms with Gasteiger partial charge in [-0.15, -0.1) is 11.3 Å². The van der Waals surface area contributed by atoms with Crippen molar-refractivity contribution in [3.63, 3.8) is 0 Å². The van der Waals surface area contributed by atoms with Crippen LogP contribution in [-0.2, 0) is 36.8 Å². The molecule has 2 amide bonds. The van der Waals surface area contributed by atoms with Gasteiger partial charge in [-0.2, -0.15) is 13.5 Å². The third kappa shape index (κ3) is 10.0. The van der Waals surface area contributed by atoms with Gasteiger partial charge in [-0.1, -0.05) is 67.3 Å². The average Bonchev–Trinajstić information content (AvgIpc) is 3.57. The van der Waals surface area contributed by atoms with Gasteiger partial charge in [0.05, 0.1) is 12.7 Å². The maximum Gasteiger partial charge on any atom is 0.407 e. The molecule has 1 atom stereocenters. The number of halogens is 3. The van der Waals surface area contributed by atoms with Crippen LogP contribution in [0.25, 0.3) is 11.1 Å². The Morgan fingerprint density at radius 2 is 1.52 bits per heavy atom. The zero-order valence-corrected chi connectivity index (χ0v) is 30.8. The van der Waals surface area contributed by atoms with Gasteiger partial charge in [-0.3, -0.25) is 4.79 Å². The summed E-state index contributed by atoms with van der Waals surface area (Å²) in [4.78, 5) is 28.1. The summed E-state index contributed by atoms with van der Waals surface area (Å²) in [7, 11) is -4.56. The molecule has 9 nitrogen and oxygen atoms in total. The number of likely N-dealkylation sites (tertiary alicyclic amines) is 1. The van der Waals surface area contributed by atoms with Gasteiger partial charge in [0.25, 0.3) is 15.9 Å². The molecule has 1 saturated heterocycles. The third-order valence-electron chi connectivity index (χ3n) is 8.77. The summed E-state index contributed by atoms with van der Waals surface area (Å²) >= 11 is 6.92. The number of rotatable bonds is 11. The van der Waals surface area contributed by atoms with Crippen molar-refractivity contribution in [2.45, 2.75) is 106 Å². The maximum absolute atomic E-state index is 16.5. The monoisotopic (exact) mass is 751 g/mol. The summed E-state index contributed by atoms with van der Waals surface area (Å²) in [6, 6.07) is 12.4. The lowest BCUT2D eigenvalue weighted by atomic mass is 9.96. The summed E-state index contributed by atoms with van der Waals surface area (Å²) < 4.78 is 73.5. The first-order valence-electron chi connectivity index (χ1n) is 16.9. The molecular formula is C36H44ClF2N3O6S2. The highest BCUT2D eigenvalue weighted by molar-refractivity contribution is 7.91. The second kappa shape index (κ2) is 16.1. The fraction of sp³-hybridized carbons (Fsp3) is 0.500. The van der Waals surface area contributed by atoms with Crippen LogP contribution in [-0.4, -0.2) is 62.2 Å². The Kier molecular flexibility index (Phi) is 12.3. The number of amides is 2. The summed E-state index contributed by atoms with van der Waals surface area (Å²) in [5.74, 6) is -4.99. The molecule has 1 aliphatic heterocycles. The van der Waals surface area contributed by atoms with E-state index < -0.39 is 45.2 Å². The number of hydrogen-bond donors (Lipinski definition) is 2. The number of carbonyl (C=O) groups excluding carboxylic acids is 2. The number of ether oxygens (including phenoxy) is 2. The average molecular weight is 752 g/mol. The number of thiophene rings is 1. The molecule has 2 N–H and O–H groups in total. The van der Waals surface area contributed by atoms with Gasteiger partial charge in [0.1, 0.15) is 9.81 Å². The van der Waals surface area contributed by atoms with E-state index in [1.54, 1.807) is 51.1 Å². The molecule has 272 valence electrons. The molecule has 1 unspecified atom stereocenters. The maximum atomic E-state index is 16.5. The molecule has 1 saturated carbocycles. The number of carbonyl (C=O) groups is 2. The molecule has 2 aromatic carbocycles. The van der Waals surface area contributed by atoms with Gasteiger partial charge in [-0.05, 0) is 81.8 Å². The SMILES string of the molecule is CC(C)(C)OC(=O)NC1CCN(C(=O)C(NS(=O)(=O)c2ccc(COC3CCCCC3)s2)C(F)(F)c2ccc(-c3ccc(Cl)cc3)cc2)CC1. The lowest BCUT2D eigenvalue weighted by Gasteiger charge is -2.36. The van der Waals surface area contributed by atoms with Gasteiger partial charge in [0.2, 0.25) is 5.91 Å². The highest BCUT2D eigenvalue weighted by atomic mass is 35.5. The topological polar surface area (TPSA) is 114 Å². The fourth-order valence-corrected chi connectivity index (χ4v) is 8.71. The number of benzene rings is 2. The molecule has 1 aromatic heterocycles. The minimum atomic E-state index is -4.56. The van der Waals surface area contributed by atoms with Crippen molar-refractivity contribution >= 4 is 45.0 Å². The summed E-state index contributed by atoms with van der Waals surface area (Å²) in [5, 5.41) is 3.29. The number of alkyl carbamates (subject to hydrolysis) is 1. The lowest BCUT2D eigenvalue weighted by molar-refractivity contribution is -0.145. The second-order valence-electron chi connectivity index (χ2n) is 13.8. The molecule has 50 heavy (non-hydrogen) atoms. The number of alkyl halides is 2. The van der Waals surface area contributed by atoms with Crippen molar-refractivity contribution in [2.75, 3.05) is 13.1 Å². The lowest BCUT2D eigenvalue weighted by Crippen LogP contribution is -2.58. The zero-order chi connectivity index (χ0) is 36.1. The van der Waals surface area contributed by atoms with Crippen LogP contribution in [0, 0.1) is 0 Å². The second-order valence-corrected chi connectivity index (χ2v) is 17.3. The van der Waals surface area contributed by atoms with Crippen molar-refractivity contribution < 1.29 is 36.3 Å². The molecule has 2 heterocycles. The van der Waals surface area contributed by atoms with E-state index in [2.05, 4.69) is 10.0 Å². The normalized spacial score (nSPS) is 17.4. The molecule has 5 rings (SSSR count). The Morgan fingerprint density at radius 1 is 0.920 bits per heavy atom. The minimum Gasteiger partial charge on any atom is -0.444 e. The van der Waals surface area contributed by atoms with Crippen molar-refractivity contribution in [3.8, 4) is 11.1 Å². The number of piperidine rings is 1. The van der Waals surface area contributed by atoms with E-state index in [4.69, 9.17) is 21.1 Å². The van der Waals surface area contributed by atoms with Crippen LogP contribution in [0.5, 0.6) is 0 Å².